The number of aromatic nitrogens is 5. The number of fused-ring (bicyclic) bond motifs is 3. The molecule has 0 radical (unpaired) electrons. The van der Waals surface area contributed by atoms with E-state index in [1.54, 1.807) is 23.7 Å². The van der Waals surface area contributed by atoms with Gasteiger partial charge in [-0.1, -0.05) is 11.8 Å². The van der Waals surface area contributed by atoms with Crippen LogP contribution >= 0.6 is 11.8 Å². The Hall–Kier alpha value is -3.71. The molecule has 0 saturated carbocycles. The van der Waals surface area contributed by atoms with Gasteiger partial charge in [-0.15, -0.1) is 0 Å². The molecule has 2 fully saturated rings. The molecule has 8 nitrogen and oxygen atoms in total. The first kappa shape index (κ1) is 22.7. The van der Waals surface area contributed by atoms with Crippen LogP contribution in [0.3, 0.4) is 0 Å². The van der Waals surface area contributed by atoms with Crippen LogP contribution in [0.4, 0.5) is 4.39 Å². The first-order chi connectivity index (χ1) is 17.4. The second-order valence-corrected chi connectivity index (χ2v) is 10.5. The highest BCUT2D eigenvalue weighted by Crippen LogP contribution is 2.42. The maximum Gasteiger partial charge on any atom is 0.219 e. The monoisotopic (exact) mass is 501 g/mol. The van der Waals surface area contributed by atoms with Gasteiger partial charge in [-0.05, 0) is 50.8 Å². The summed E-state index contributed by atoms with van der Waals surface area (Å²) in [5.41, 5.74) is 3.90. The van der Waals surface area contributed by atoms with Crippen molar-refractivity contribution >= 4 is 23.2 Å². The molecule has 4 aromatic rings. The van der Waals surface area contributed by atoms with E-state index in [1.165, 1.54) is 24.0 Å². The minimum atomic E-state index is -0.417. The molecule has 2 aliphatic heterocycles. The molecule has 6 heterocycles. The Morgan fingerprint density at radius 1 is 1.19 bits per heavy atom. The maximum absolute atomic E-state index is 14.4. The molecule has 2 bridgehead atoms. The predicted octanol–water partition coefficient (Wildman–Crippen LogP) is 4.78. The second kappa shape index (κ2) is 8.75. The highest BCUT2D eigenvalue weighted by molar-refractivity contribution is 7.99. The molecule has 0 aliphatic carbocycles. The van der Waals surface area contributed by atoms with E-state index in [4.69, 9.17) is 5.10 Å². The van der Waals surface area contributed by atoms with Crippen LogP contribution in [0.25, 0.3) is 16.6 Å². The fraction of sp³-hybridized carbons (Fsp3) is 0.346. The van der Waals surface area contributed by atoms with Gasteiger partial charge in [0.15, 0.2) is 5.82 Å². The van der Waals surface area contributed by atoms with E-state index in [2.05, 4.69) is 32.7 Å². The van der Waals surface area contributed by atoms with Crippen LogP contribution in [0.15, 0.2) is 52.9 Å². The average Bonchev–Trinajstić information content (AvgIpc) is 3.53. The molecule has 0 spiro atoms. The number of amides is 1. The Bertz CT molecular complexity index is 1520. The number of pyridine rings is 2. The summed E-state index contributed by atoms with van der Waals surface area (Å²) in [5, 5.41) is 19.0. The molecule has 36 heavy (non-hydrogen) atoms. The van der Waals surface area contributed by atoms with Crippen molar-refractivity contribution < 1.29 is 9.18 Å². The normalized spacial score (nSPS) is 21.2. The van der Waals surface area contributed by atoms with E-state index in [-0.39, 0.29) is 29.1 Å². The quantitative estimate of drug-likeness (QED) is 0.400. The molecular weight excluding hydrogens is 477 g/mol. The maximum atomic E-state index is 14.4. The molecule has 6 rings (SSSR count). The van der Waals surface area contributed by atoms with Crippen LogP contribution in [0, 0.1) is 24.1 Å². The number of rotatable bonds is 4. The highest BCUT2D eigenvalue weighted by atomic mass is 32.2. The van der Waals surface area contributed by atoms with E-state index in [1.807, 2.05) is 18.5 Å². The molecule has 2 saturated heterocycles. The van der Waals surface area contributed by atoms with Gasteiger partial charge in [-0.25, -0.2) is 13.9 Å². The van der Waals surface area contributed by atoms with Crippen molar-refractivity contribution in [2.45, 2.75) is 67.6 Å². The van der Waals surface area contributed by atoms with Crippen molar-refractivity contribution in [2.24, 2.45) is 0 Å². The minimum Gasteiger partial charge on any atom is -0.337 e. The third-order valence-corrected chi connectivity index (χ3v) is 8.43. The number of hydrogen-bond acceptors (Lipinski definition) is 6. The fourth-order valence-corrected chi connectivity index (χ4v) is 6.85. The Morgan fingerprint density at radius 2 is 1.97 bits per heavy atom. The van der Waals surface area contributed by atoms with E-state index in [9.17, 15) is 14.4 Å². The number of carbonyl (C=O) groups is 1. The standard InChI is InChI=1S/C26H24FN7OS/c1-15-22(13-31-34(15)21-9-19-5-6-20(10-21)33(19)16(2)35)17-8-24(36-26-23(27)4-3-7-29-26)25-18(11-28)12-30-32(25)14-17/h3-4,7-8,12-14,19-21H,5-6,9-10H2,1-2H3/t19-,20+,21-. The van der Waals surface area contributed by atoms with Crippen molar-refractivity contribution in [1.82, 2.24) is 29.3 Å². The van der Waals surface area contributed by atoms with Crippen molar-refractivity contribution in [3.8, 4) is 17.2 Å². The Kier molecular flexibility index (Phi) is 5.52. The molecule has 0 unspecified atom stereocenters. The smallest absolute Gasteiger partial charge is 0.219 e. The zero-order valence-electron chi connectivity index (χ0n) is 19.9. The highest BCUT2D eigenvalue weighted by Gasteiger charge is 2.43. The SMILES string of the molecule is CC(=O)N1[C@@H]2CC[C@H]1C[C@H](n1ncc(-c3cc(Sc4ncccc4F)c4c(C#N)cnn4c3)c1C)C2. The lowest BCUT2D eigenvalue weighted by atomic mass is 9.97. The summed E-state index contributed by atoms with van der Waals surface area (Å²) in [6.07, 6.45) is 10.7. The van der Waals surface area contributed by atoms with Crippen LogP contribution in [0.2, 0.25) is 0 Å². The first-order valence-corrected chi connectivity index (χ1v) is 12.8. The second-order valence-electron chi connectivity index (χ2n) is 9.47. The van der Waals surface area contributed by atoms with Crippen LogP contribution in [0.1, 0.15) is 49.9 Å². The van der Waals surface area contributed by atoms with Crippen LogP contribution in [-0.2, 0) is 4.79 Å². The zero-order chi connectivity index (χ0) is 25.0. The summed E-state index contributed by atoms with van der Waals surface area (Å²) in [7, 11) is 0. The number of nitriles is 1. The number of carbonyl (C=O) groups excluding carboxylic acids is 1. The van der Waals surface area contributed by atoms with Gasteiger partial charge < -0.3 is 4.90 Å². The molecule has 3 atom stereocenters. The molecule has 182 valence electrons. The largest absolute Gasteiger partial charge is 0.337 e. The molecule has 0 aromatic carbocycles. The van der Waals surface area contributed by atoms with Gasteiger partial charge in [-0.3, -0.25) is 9.48 Å². The van der Waals surface area contributed by atoms with Crippen LogP contribution in [0.5, 0.6) is 0 Å². The minimum absolute atomic E-state index is 0.164. The van der Waals surface area contributed by atoms with E-state index >= 15 is 0 Å². The van der Waals surface area contributed by atoms with Gasteiger partial charge >= 0.3 is 0 Å². The summed E-state index contributed by atoms with van der Waals surface area (Å²) in [6, 6.07) is 7.85. The third-order valence-electron chi connectivity index (χ3n) is 7.40. The Morgan fingerprint density at radius 3 is 2.67 bits per heavy atom. The van der Waals surface area contributed by atoms with Crippen LogP contribution in [-0.4, -0.2) is 47.3 Å². The number of hydrogen-bond donors (Lipinski definition) is 0. The third kappa shape index (κ3) is 3.66. The summed E-state index contributed by atoms with van der Waals surface area (Å²) >= 11 is 1.18. The number of halogens is 1. The van der Waals surface area contributed by atoms with Crippen molar-refractivity contribution in [1.29, 1.82) is 5.26 Å². The van der Waals surface area contributed by atoms with Gasteiger partial charge in [0, 0.05) is 53.1 Å². The molecule has 2 aliphatic rings. The van der Waals surface area contributed by atoms with Gasteiger partial charge in [0.05, 0.1) is 29.5 Å². The summed E-state index contributed by atoms with van der Waals surface area (Å²) < 4.78 is 18.2. The lowest BCUT2D eigenvalue weighted by molar-refractivity contribution is -0.133. The van der Waals surface area contributed by atoms with Gasteiger partial charge in [0.2, 0.25) is 5.91 Å². The topological polar surface area (TPSA) is 92.1 Å². The van der Waals surface area contributed by atoms with E-state index < -0.39 is 5.82 Å². The van der Waals surface area contributed by atoms with Crippen molar-refractivity contribution in [3.63, 3.8) is 0 Å². The molecular formula is C26H24FN7OS. The predicted molar refractivity (Wildman–Crippen MR) is 132 cm³/mol. The first-order valence-electron chi connectivity index (χ1n) is 12.0. The molecule has 1 amide bonds. The van der Waals surface area contributed by atoms with Gasteiger partial charge in [-0.2, -0.15) is 15.5 Å². The molecule has 4 aromatic heterocycles. The summed E-state index contributed by atoms with van der Waals surface area (Å²) in [6.45, 7) is 3.72. The van der Waals surface area contributed by atoms with Gasteiger partial charge in [0.25, 0.3) is 0 Å². The van der Waals surface area contributed by atoms with E-state index in [0.29, 0.717) is 16.0 Å². The Balaban J connectivity index is 1.38. The van der Waals surface area contributed by atoms with E-state index in [0.717, 1.165) is 42.5 Å². The lowest BCUT2D eigenvalue weighted by Gasteiger charge is -2.38. The van der Waals surface area contributed by atoms with Crippen molar-refractivity contribution in [3.05, 3.63) is 60.1 Å². The summed E-state index contributed by atoms with van der Waals surface area (Å²) in [5.74, 6) is -0.253. The van der Waals surface area contributed by atoms with Crippen LogP contribution < -0.4 is 0 Å². The molecule has 10 heteroatoms. The summed E-state index contributed by atoms with van der Waals surface area (Å²) in [4.78, 5) is 19.1. The molecule has 0 N–H and O–H groups in total. The number of piperidine rings is 1. The van der Waals surface area contributed by atoms with Crippen molar-refractivity contribution in [2.75, 3.05) is 0 Å². The Labute approximate surface area is 211 Å². The lowest BCUT2D eigenvalue weighted by Crippen LogP contribution is -2.46. The average molecular weight is 502 g/mol. The zero-order valence-corrected chi connectivity index (χ0v) is 20.7. The van der Waals surface area contributed by atoms with Gasteiger partial charge in [0.1, 0.15) is 11.1 Å². The fourth-order valence-electron chi connectivity index (χ4n) is 5.88. The number of nitrogens with zero attached hydrogens (tertiary/aromatic N) is 7.